The summed E-state index contributed by atoms with van der Waals surface area (Å²) >= 11 is 6.40. The monoisotopic (exact) mass is 598 g/mol. The number of para-hydroxylation sites is 1. The molecule has 214 valence electrons. The van der Waals surface area contributed by atoms with Crippen LogP contribution in [0, 0.1) is 6.92 Å². The van der Waals surface area contributed by atoms with Crippen molar-refractivity contribution in [3.63, 3.8) is 0 Å². The highest BCUT2D eigenvalue weighted by atomic mass is 35.5. The number of anilines is 1. The van der Waals surface area contributed by atoms with Crippen molar-refractivity contribution in [3.8, 4) is 34.6 Å². The van der Waals surface area contributed by atoms with Gasteiger partial charge in [0.05, 0.1) is 20.8 Å². The summed E-state index contributed by atoms with van der Waals surface area (Å²) in [6.45, 7) is 4.08. The molecule has 41 heavy (non-hydrogen) atoms. The van der Waals surface area contributed by atoms with Crippen LogP contribution in [0.2, 0.25) is 5.15 Å². The Kier molecular flexibility index (Phi) is 7.85. The number of fused-ring (bicyclic) bond motifs is 1. The van der Waals surface area contributed by atoms with Crippen LogP contribution in [-0.4, -0.2) is 63.7 Å². The number of sulfonamides is 1. The number of benzene rings is 1. The van der Waals surface area contributed by atoms with Crippen LogP contribution >= 0.6 is 11.6 Å². The molecule has 13 nitrogen and oxygen atoms in total. The van der Waals surface area contributed by atoms with Gasteiger partial charge in [-0.25, -0.2) is 38.3 Å². The first kappa shape index (κ1) is 28.0. The lowest BCUT2D eigenvalue weighted by molar-refractivity contribution is 0.327. The average Bonchev–Trinajstić information content (AvgIpc) is 3.31. The number of rotatable bonds is 10. The van der Waals surface area contributed by atoms with Crippen LogP contribution in [0.25, 0.3) is 28.5 Å². The Bertz CT molecular complexity index is 1820. The molecule has 0 spiro atoms. The quantitative estimate of drug-likeness (QED) is 0.245. The normalized spacial score (nSPS) is 11.4. The van der Waals surface area contributed by atoms with E-state index in [0.717, 1.165) is 5.56 Å². The van der Waals surface area contributed by atoms with Gasteiger partial charge < -0.3 is 14.2 Å². The Morgan fingerprint density at radius 1 is 0.976 bits per heavy atom. The molecule has 1 aromatic carbocycles. The molecule has 0 unspecified atom stereocenters. The molecule has 4 heterocycles. The van der Waals surface area contributed by atoms with E-state index < -0.39 is 15.8 Å². The topological polar surface area (TPSA) is 156 Å². The van der Waals surface area contributed by atoms with Crippen molar-refractivity contribution in [2.24, 2.45) is 0 Å². The Labute approximate surface area is 242 Å². The highest BCUT2D eigenvalue weighted by molar-refractivity contribution is 7.91. The van der Waals surface area contributed by atoms with Gasteiger partial charge in [0.15, 0.2) is 28.1 Å². The number of hydrogen-bond donors (Lipinski definition) is 1. The fourth-order valence-electron chi connectivity index (χ4n) is 3.99. The number of aromatic nitrogens is 7. The van der Waals surface area contributed by atoms with Crippen LogP contribution in [0.3, 0.4) is 0 Å². The Morgan fingerprint density at radius 3 is 2.32 bits per heavy atom. The lowest BCUT2D eigenvalue weighted by Gasteiger charge is -2.16. The van der Waals surface area contributed by atoms with Crippen LogP contribution in [0.4, 0.5) is 5.82 Å². The van der Waals surface area contributed by atoms with Crippen molar-refractivity contribution in [1.82, 2.24) is 34.5 Å². The molecule has 0 aliphatic carbocycles. The van der Waals surface area contributed by atoms with E-state index in [2.05, 4.69) is 34.6 Å². The summed E-state index contributed by atoms with van der Waals surface area (Å²) in [6, 6.07) is 10.5. The SMILES string of the molecule is CCOc1cccc(-c2nc3nc(Cl)c(NS(=O)(=O)Cc4ncc(C)cn4)nc3n2-c2c(OC)cccc2OC)n1.[HH]. The third-order valence-corrected chi connectivity index (χ3v) is 7.13. The number of halogens is 1. The Morgan fingerprint density at radius 2 is 1.66 bits per heavy atom. The third-order valence-electron chi connectivity index (χ3n) is 5.73. The predicted molar refractivity (Wildman–Crippen MR) is 154 cm³/mol. The van der Waals surface area contributed by atoms with E-state index in [0.29, 0.717) is 41.2 Å². The van der Waals surface area contributed by atoms with Gasteiger partial charge in [0.1, 0.15) is 34.5 Å². The molecule has 4 aromatic heterocycles. The number of nitrogens with zero attached hydrogens (tertiary/aromatic N) is 7. The molecule has 5 aromatic rings. The summed E-state index contributed by atoms with van der Waals surface area (Å²) in [5.74, 6) is 0.975. The molecule has 0 radical (unpaired) electrons. The number of ether oxygens (including phenoxy) is 3. The fraction of sp³-hybridized carbons (Fsp3) is 0.231. The molecule has 0 atom stereocenters. The summed E-state index contributed by atoms with van der Waals surface area (Å²) in [5.41, 5.74) is 1.97. The van der Waals surface area contributed by atoms with Gasteiger partial charge in [-0.2, -0.15) is 0 Å². The molecule has 0 saturated heterocycles. The van der Waals surface area contributed by atoms with Crippen LogP contribution in [-0.2, 0) is 15.8 Å². The van der Waals surface area contributed by atoms with Crippen molar-refractivity contribution < 1.29 is 24.1 Å². The molecule has 15 heteroatoms. The number of hydrogen-bond acceptors (Lipinski definition) is 11. The zero-order valence-electron chi connectivity index (χ0n) is 22.5. The van der Waals surface area contributed by atoms with Gasteiger partial charge in [-0.05, 0) is 37.6 Å². The van der Waals surface area contributed by atoms with E-state index in [-0.39, 0.29) is 29.5 Å². The molecule has 0 bridgehead atoms. The zero-order valence-corrected chi connectivity index (χ0v) is 24.1. The molecular formula is C26H27ClN8O5S. The summed E-state index contributed by atoms with van der Waals surface area (Å²) < 4.78 is 46.9. The maximum atomic E-state index is 13.0. The van der Waals surface area contributed by atoms with Gasteiger partial charge in [0.25, 0.3) is 0 Å². The number of pyridine rings is 1. The second-order valence-corrected chi connectivity index (χ2v) is 10.7. The van der Waals surface area contributed by atoms with Crippen molar-refractivity contribution in [2.45, 2.75) is 19.6 Å². The Balaban J connectivity index is 0.00000405. The van der Waals surface area contributed by atoms with Crippen molar-refractivity contribution >= 4 is 38.7 Å². The molecule has 0 saturated carbocycles. The minimum Gasteiger partial charge on any atom is -0.494 e. The Hall–Kier alpha value is -4.56. The van der Waals surface area contributed by atoms with Crippen LogP contribution in [0.15, 0.2) is 48.8 Å². The maximum Gasteiger partial charge on any atom is 0.241 e. The van der Waals surface area contributed by atoms with Gasteiger partial charge in [0.2, 0.25) is 15.9 Å². The van der Waals surface area contributed by atoms with Gasteiger partial charge in [-0.1, -0.05) is 23.7 Å². The number of methoxy groups -OCH3 is 2. The molecule has 5 rings (SSSR count). The molecule has 0 fully saturated rings. The smallest absolute Gasteiger partial charge is 0.241 e. The first-order chi connectivity index (χ1) is 19.7. The molecule has 0 aliphatic rings. The van der Waals surface area contributed by atoms with E-state index >= 15 is 0 Å². The van der Waals surface area contributed by atoms with Gasteiger partial charge in [0, 0.05) is 19.9 Å². The second-order valence-electron chi connectivity index (χ2n) is 8.62. The molecule has 0 aliphatic heterocycles. The van der Waals surface area contributed by atoms with Crippen molar-refractivity contribution in [1.29, 1.82) is 0 Å². The highest BCUT2D eigenvalue weighted by Gasteiger charge is 2.26. The highest BCUT2D eigenvalue weighted by Crippen LogP contribution is 2.38. The minimum atomic E-state index is -4.02. The second kappa shape index (κ2) is 11.5. The van der Waals surface area contributed by atoms with E-state index in [4.69, 9.17) is 25.8 Å². The van der Waals surface area contributed by atoms with E-state index in [9.17, 15) is 8.42 Å². The standard InChI is InChI=1S/C26H25ClN8O5S.H2/c1-5-40-20-11-6-8-16(30-20)25-33-24-26(35(25)21-17(38-3)9-7-10-18(21)39-4)32-23(22(27)31-24)34-41(36,37)14-19-28-12-15(2)13-29-19;/h6-13H,5,14H2,1-4H3,(H,32,34);1H. The maximum absolute atomic E-state index is 13.0. The number of nitrogens with one attached hydrogen (secondary N) is 1. The van der Waals surface area contributed by atoms with Crippen molar-refractivity contribution in [2.75, 3.05) is 25.5 Å². The largest absolute Gasteiger partial charge is 0.494 e. The summed E-state index contributed by atoms with van der Waals surface area (Å²) in [7, 11) is -0.994. The summed E-state index contributed by atoms with van der Waals surface area (Å²) in [4.78, 5) is 26.3. The number of aryl methyl sites for hydroxylation is 1. The van der Waals surface area contributed by atoms with E-state index in [1.54, 1.807) is 47.9 Å². The van der Waals surface area contributed by atoms with E-state index in [1.807, 2.05) is 6.92 Å². The average molecular weight is 599 g/mol. The van der Waals surface area contributed by atoms with Gasteiger partial charge >= 0.3 is 0 Å². The predicted octanol–water partition coefficient (Wildman–Crippen LogP) is 4.23. The fourth-order valence-corrected chi connectivity index (χ4v) is 5.21. The summed E-state index contributed by atoms with van der Waals surface area (Å²) in [6.07, 6.45) is 3.07. The first-order valence-electron chi connectivity index (χ1n) is 12.3. The first-order valence-corrected chi connectivity index (χ1v) is 14.3. The molecule has 1 N–H and O–H groups in total. The minimum absolute atomic E-state index is 0. The summed E-state index contributed by atoms with van der Waals surface area (Å²) in [5, 5.41) is -0.204. The van der Waals surface area contributed by atoms with Crippen LogP contribution < -0.4 is 18.9 Å². The molecular weight excluding hydrogens is 572 g/mol. The third kappa shape index (κ3) is 5.83. The van der Waals surface area contributed by atoms with Gasteiger partial charge in [-0.3, -0.25) is 9.29 Å². The lowest BCUT2D eigenvalue weighted by Crippen LogP contribution is -2.18. The molecule has 0 amide bonds. The van der Waals surface area contributed by atoms with E-state index in [1.165, 1.54) is 26.6 Å². The van der Waals surface area contributed by atoms with Crippen LogP contribution in [0.1, 0.15) is 19.7 Å². The van der Waals surface area contributed by atoms with Crippen molar-refractivity contribution in [3.05, 3.63) is 65.3 Å². The van der Waals surface area contributed by atoms with Gasteiger partial charge in [-0.15, -0.1) is 0 Å². The lowest BCUT2D eigenvalue weighted by atomic mass is 10.2. The van der Waals surface area contributed by atoms with Crippen LogP contribution in [0.5, 0.6) is 17.4 Å². The number of imidazole rings is 1. The zero-order chi connectivity index (χ0) is 29.1.